The fraction of sp³-hybridized carbons (Fsp3) is 0.467. The van der Waals surface area contributed by atoms with E-state index in [9.17, 15) is 10.2 Å². The summed E-state index contributed by atoms with van der Waals surface area (Å²) >= 11 is 0. The maximum Gasteiger partial charge on any atom is 0.123 e. The average Bonchev–Trinajstić information content (AvgIpc) is 3.24. The van der Waals surface area contributed by atoms with Gasteiger partial charge in [0.1, 0.15) is 11.5 Å². The molecule has 0 spiro atoms. The van der Waals surface area contributed by atoms with Crippen molar-refractivity contribution >= 4 is 0 Å². The second-order valence-electron chi connectivity index (χ2n) is 18.1. The average molecular weight is 631 g/mol. The zero-order valence-corrected chi connectivity index (χ0v) is 31.6. The highest BCUT2D eigenvalue weighted by Gasteiger charge is 2.49. The van der Waals surface area contributed by atoms with Crippen LogP contribution in [0, 0.1) is 0 Å². The summed E-state index contributed by atoms with van der Waals surface area (Å²) in [5.74, 6) is 0.784. The minimum absolute atomic E-state index is 0.288. The third-order valence-electron chi connectivity index (χ3n) is 10.4. The Balaban J connectivity index is 2.14. The van der Waals surface area contributed by atoms with E-state index >= 15 is 0 Å². The molecule has 4 aromatic carbocycles. The molecule has 250 valence electrons. The lowest BCUT2D eigenvalue weighted by Crippen LogP contribution is -2.32. The van der Waals surface area contributed by atoms with Gasteiger partial charge in [-0.1, -0.05) is 133 Å². The van der Waals surface area contributed by atoms with E-state index in [1.807, 2.05) is 0 Å². The zero-order valence-electron chi connectivity index (χ0n) is 31.6. The summed E-state index contributed by atoms with van der Waals surface area (Å²) in [6, 6.07) is 23.2. The third kappa shape index (κ3) is 5.70. The van der Waals surface area contributed by atoms with Crippen molar-refractivity contribution in [2.45, 2.75) is 137 Å². The first-order valence-electron chi connectivity index (χ1n) is 17.6. The number of benzene rings is 4. The number of rotatable bonds is 4. The van der Waals surface area contributed by atoms with Crippen molar-refractivity contribution in [3.05, 3.63) is 116 Å². The molecule has 0 bridgehead atoms. The van der Waals surface area contributed by atoms with Crippen LogP contribution in [0.15, 0.2) is 60.7 Å². The number of hydrogen-bond acceptors (Lipinski definition) is 2. The highest BCUT2D eigenvalue weighted by Crippen LogP contribution is 2.59. The Hall–Kier alpha value is -3.52. The third-order valence-corrected chi connectivity index (χ3v) is 10.4. The smallest absolute Gasteiger partial charge is 0.123 e. The molecule has 0 unspecified atom stereocenters. The van der Waals surface area contributed by atoms with Gasteiger partial charge in [0.25, 0.3) is 0 Å². The number of phenolic OH excluding ortho intramolecular Hbond substituents is 2. The van der Waals surface area contributed by atoms with Gasteiger partial charge in [-0.3, -0.25) is 0 Å². The van der Waals surface area contributed by atoms with Crippen LogP contribution in [-0.2, 0) is 39.9 Å². The number of fused-ring (bicyclic) bond motifs is 3. The lowest BCUT2D eigenvalue weighted by molar-refractivity contribution is 0.421. The zero-order chi connectivity index (χ0) is 35.1. The van der Waals surface area contributed by atoms with Crippen molar-refractivity contribution in [2.24, 2.45) is 0 Å². The van der Waals surface area contributed by atoms with Crippen LogP contribution in [0.25, 0.3) is 11.1 Å². The molecule has 4 aromatic rings. The minimum atomic E-state index is -0.678. The largest absolute Gasteiger partial charge is 0.507 e. The molecule has 0 heterocycles. The summed E-state index contributed by atoms with van der Waals surface area (Å²) in [6.45, 7) is 30.8. The molecule has 0 radical (unpaired) electrons. The van der Waals surface area contributed by atoms with Crippen molar-refractivity contribution in [3.63, 3.8) is 0 Å². The van der Waals surface area contributed by atoms with Gasteiger partial charge in [-0.15, -0.1) is 0 Å². The Morgan fingerprint density at radius 1 is 0.447 bits per heavy atom. The second kappa shape index (κ2) is 11.3. The van der Waals surface area contributed by atoms with Crippen molar-refractivity contribution in [1.29, 1.82) is 0 Å². The fourth-order valence-electron chi connectivity index (χ4n) is 7.64. The monoisotopic (exact) mass is 630 g/mol. The van der Waals surface area contributed by atoms with Crippen molar-refractivity contribution in [2.75, 3.05) is 0 Å². The molecule has 47 heavy (non-hydrogen) atoms. The van der Waals surface area contributed by atoms with E-state index < -0.39 is 5.41 Å². The molecule has 1 aliphatic carbocycles. The van der Waals surface area contributed by atoms with Crippen LogP contribution < -0.4 is 0 Å². The normalized spacial score (nSPS) is 14.7. The van der Waals surface area contributed by atoms with Gasteiger partial charge in [0.05, 0.1) is 5.41 Å². The van der Waals surface area contributed by atoms with Crippen LogP contribution in [0.5, 0.6) is 11.5 Å². The molecular formula is C45H58O2. The van der Waals surface area contributed by atoms with Gasteiger partial charge in [0, 0.05) is 0 Å². The van der Waals surface area contributed by atoms with Gasteiger partial charge in [0.15, 0.2) is 0 Å². The molecule has 0 atom stereocenters. The first-order valence-corrected chi connectivity index (χ1v) is 17.6. The highest BCUT2D eigenvalue weighted by molar-refractivity contribution is 5.87. The molecule has 2 heteroatoms. The predicted molar refractivity (Wildman–Crippen MR) is 201 cm³/mol. The van der Waals surface area contributed by atoms with Gasteiger partial charge in [-0.05, 0) is 126 Å². The molecule has 2 nitrogen and oxygen atoms in total. The van der Waals surface area contributed by atoms with E-state index in [-0.39, 0.29) is 21.7 Å². The molecule has 0 saturated heterocycles. The molecule has 0 amide bonds. The summed E-state index contributed by atoms with van der Waals surface area (Å²) < 4.78 is 0. The maximum atomic E-state index is 11.9. The van der Waals surface area contributed by atoms with Gasteiger partial charge < -0.3 is 10.2 Å². The van der Waals surface area contributed by atoms with Gasteiger partial charge >= 0.3 is 0 Å². The SMILES string of the molecule is CCc1ccc2c(c1)C(c1cc(C(C)(C)C)c(O)c(C(C)(C)C)c1)(c1cc(C(C)(C)C)c(O)c(C(C)(C)C)c1)c1cc(CC)ccc1-2. The van der Waals surface area contributed by atoms with Crippen LogP contribution >= 0.6 is 0 Å². The Bertz CT molecular complexity index is 1630. The summed E-state index contributed by atoms with van der Waals surface area (Å²) in [6.07, 6.45) is 1.87. The first-order chi connectivity index (χ1) is 21.6. The van der Waals surface area contributed by atoms with Crippen LogP contribution in [0.1, 0.15) is 153 Å². The fourth-order valence-corrected chi connectivity index (χ4v) is 7.64. The first kappa shape index (κ1) is 34.8. The Labute approximate surface area is 285 Å². The minimum Gasteiger partial charge on any atom is -0.507 e. The predicted octanol–water partition coefficient (Wildman–Crippen LogP) is 11.8. The quantitative estimate of drug-likeness (QED) is 0.207. The summed E-state index contributed by atoms with van der Waals surface area (Å²) in [5, 5.41) is 23.9. The van der Waals surface area contributed by atoms with Gasteiger partial charge in [-0.25, -0.2) is 0 Å². The van der Waals surface area contributed by atoms with Crippen LogP contribution in [0.4, 0.5) is 0 Å². The lowest BCUT2D eigenvalue weighted by atomic mass is 9.63. The van der Waals surface area contributed by atoms with Crippen molar-refractivity contribution < 1.29 is 10.2 Å². The molecule has 1 aliphatic rings. The van der Waals surface area contributed by atoms with Crippen molar-refractivity contribution in [1.82, 2.24) is 0 Å². The van der Waals surface area contributed by atoms with E-state index in [1.54, 1.807) is 0 Å². The molecule has 0 aromatic heterocycles. The number of hydrogen-bond donors (Lipinski definition) is 2. The van der Waals surface area contributed by atoms with Crippen LogP contribution in [0.3, 0.4) is 0 Å². The Kier molecular flexibility index (Phi) is 8.36. The summed E-state index contributed by atoms with van der Waals surface area (Å²) in [7, 11) is 0. The molecule has 5 rings (SSSR count). The molecule has 0 aliphatic heterocycles. The van der Waals surface area contributed by atoms with Gasteiger partial charge in [0.2, 0.25) is 0 Å². The molecular weight excluding hydrogens is 572 g/mol. The van der Waals surface area contributed by atoms with E-state index in [0.29, 0.717) is 11.5 Å². The Morgan fingerprint density at radius 2 is 0.723 bits per heavy atom. The Morgan fingerprint density at radius 3 is 0.957 bits per heavy atom. The topological polar surface area (TPSA) is 40.5 Å². The highest BCUT2D eigenvalue weighted by atomic mass is 16.3. The van der Waals surface area contributed by atoms with E-state index in [4.69, 9.17) is 0 Å². The summed E-state index contributed by atoms with van der Waals surface area (Å²) in [4.78, 5) is 0. The maximum absolute atomic E-state index is 11.9. The summed E-state index contributed by atoms with van der Waals surface area (Å²) in [5.41, 5.74) is 12.0. The number of phenols is 2. The van der Waals surface area contributed by atoms with E-state index in [2.05, 4.69) is 158 Å². The van der Waals surface area contributed by atoms with E-state index in [0.717, 1.165) is 46.2 Å². The number of aromatic hydroxyl groups is 2. The molecule has 0 fully saturated rings. The lowest BCUT2D eigenvalue weighted by Gasteiger charge is -2.39. The van der Waals surface area contributed by atoms with Crippen LogP contribution in [0.2, 0.25) is 0 Å². The standard InChI is InChI=1S/C45H58O2/c1-15-27-17-19-31-32-20-18-28(16-2)22-34(32)45(33(31)21-27,29-23-35(41(3,4)5)39(46)36(24-29)42(6,7)8)30-25-37(43(9,10)11)40(47)38(26-30)44(12,13)14/h17-26,46-47H,15-16H2,1-14H3. The van der Waals surface area contributed by atoms with E-state index in [1.165, 1.54) is 33.4 Å². The number of aryl methyl sites for hydroxylation is 2. The second-order valence-corrected chi connectivity index (χ2v) is 18.1. The van der Waals surface area contributed by atoms with Gasteiger partial charge in [-0.2, -0.15) is 0 Å². The molecule has 0 saturated carbocycles. The van der Waals surface area contributed by atoms with Crippen LogP contribution in [-0.4, -0.2) is 10.2 Å². The van der Waals surface area contributed by atoms with Crippen molar-refractivity contribution in [3.8, 4) is 22.6 Å². The molecule has 2 N–H and O–H groups in total.